The normalized spacial score (nSPS) is 30.8. The van der Waals surface area contributed by atoms with E-state index in [1.807, 2.05) is 13.0 Å². The number of amides is 1. The van der Waals surface area contributed by atoms with Crippen LogP contribution in [0.25, 0.3) is 0 Å². The highest BCUT2D eigenvalue weighted by molar-refractivity contribution is 5.94. The molecule has 5 atom stereocenters. The number of benzene rings is 1. The van der Waals surface area contributed by atoms with Crippen LogP contribution in [-0.4, -0.2) is 37.2 Å². The first-order valence-corrected chi connectivity index (χ1v) is 8.97. The maximum atomic E-state index is 12.5. The minimum absolute atomic E-state index is 0.0279. The van der Waals surface area contributed by atoms with Gasteiger partial charge in [0.15, 0.2) is 6.61 Å². The van der Waals surface area contributed by atoms with Crippen molar-refractivity contribution in [1.29, 1.82) is 0 Å². The number of esters is 2. The van der Waals surface area contributed by atoms with Gasteiger partial charge in [-0.3, -0.25) is 14.4 Å². The van der Waals surface area contributed by atoms with Crippen LogP contribution < -0.4 is 10.1 Å². The number of para-hydroxylation sites is 2. The van der Waals surface area contributed by atoms with Crippen LogP contribution in [0.4, 0.5) is 5.69 Å². The Bertz CT molecular complexity index is 745. The van der Waals surface area contributed by atoms with Gasteiger partial charge < -0.3 is 19.5 Å². The van der Waals surface area contributed by atoms with Crippen molar-refractivity contribution in [2.75, 3.05) is 18.5 Å². The predicted octanol–water partition coefficient (Wildman–Crippen LogP) is 1.76. The molecule has 7 heteroatoms. The Morgan fingerprint density at radius 3 is 2.88 bits per heavy atom. The van der Waals surface area contributed by atoms with Crippen LogP contribution in [0.1, 0.15) is 19.8 Å². The Balaban J connectivity index is 1.34. The zero-order chi connectivity index (χ0) is 18.3. The van der Waals surface area contributed by atoms with E-state index in [2.05, 4.69) is 5.32 Å². The Morgan fingerprint density at radius 1 is 1.27 bits per heavy atom. The molecule has 2 bridgehead atoms. The highest BCUT2D eigenvalue weighted by atomic mass is 16.6. The third kappa shape index (κ3) is 2.81. The number of carbonyl (C=O) groups excluding carboxylic acids is 3. The van der Waals surface area contributed by atoms with Gasteiger partial charge in [-0.2, -0.15) is 0 Å². The molecule has 1 aromatic carbocycles. The molecule has 1 heterocycles. The van der Waals surface area contributed by atoms with E-state index in [0.29, 0.717) is 18.0 Å². The number of fused-ring (bicyclic) bond motifs is 1. The largest absolute Gasteiger partial charge is 0.492 e. The zero-order valence-electron chi connectivity index (χ0n) is 14.5. The second-order valence-corrected chi connectivity index (χ2v) is 7.01. The van der Waals surface area contributed by atoms with E-state index in [-0.39, 0.29) is 23.9 Å². The summed E-state index contributed by atoms with van der Waals surface area (Å²) in [5, 5.41) is 2.68. The molecular weight excluding hydrogens is 338 g/mol. The molecule has 0 radical (unpaired) electrons. The molecule has 26 heavy (non-hydrogen) atoms. The number of carbonyl (C=O) groups is 3. The lowest BCUT2D eigenvalue weighted by Gasteiger charge is -2.22. The van der Waals surface area contributed by atoms with Crippen molar-refractivity contribution < 1.29 is 28.6 Å². The van der Waals surface area contributed by atoms with E-state index in [9.17, 15) is 14.4 Å². The Kier molecular flexibility index (Phi) is 4.30. The van der Waals surface area contributed by atoms with Crippen LogP contribution in [0.15, 0.2) is 24.3 Å². The summed E-state index contributed by atoms with van der Waals surface area (Å²) in [4.78, 5) is 36.6. The lowest BCUT2D eigenvalue weighted by molar-refractivity contribution is -0.157. The molecule has 4 rings (SSSR count). The molecule has 0 spiro atoms. The maximum Gasteiger partial charge on any atom is 0.310 e. The minimum atomic E-state index is -0.479. The van der Waals surface area contributed by atoms with Crippen molar-refractivity contribution >= 4 is 23.5 Å². The van der Waals surface area contributed by atoms with Gasteiger partial charge in [0.1, 0.15) is 11.9 Å². The molecule has 0 aromatic heterocycles. The quantitative estimate of drug-likeness (QED) is 0.779. The maximum absolute atomic E-state index is 12.5. The Hall–Kier alpha value is -2.57. The van der Waals surface area contributed by atoms with Gasteiger partial charge in [-0.15, -0.1) is 0 Å². The molecule has 3 fully saturated rings. The minimum Gasteiger partial charge on any atom is -0.492 e. The first kappa shape index (κ1) is 16.9. The van der Waals surface area contributed by atoms with E-state index in [0.717, 1.165) is 12.8 Å². The van der Waals surface area contributed by atoms with Gasteiger partial charge in [0.05, 0.1) is 24.1 Å². The summed E-state index contributed by atoms with van der Waals surface area (Å²) >= 11 is 0. The number of anilines is 1. The van der Waals surface area contributed by atoms with Crippen molar-refractivity contribution in [2.24, 2.45) is 23.7 Å². The molecule has 2 saturated carbocycles. The van der Waals surface area contributed by atoms with Crippen LogP contribution in [-0.2, 0) is 23.9 Å². The highest BCUT2D eigenvalue weighted by Gasteiger charge is 2.64. The van der Waals surface area contributed by atoms with E-state index < -0.39 is 30.3 Å². The first-order valence-electron chi connectivity index (χ1n) is 8.97. The summed E-state index contributed by atoms with van der Waals surface area (Å²) in [5.41, 5.74) is 0.525. The highest BCUT2D eigenvalue weighted by Crippen LogP contribution is 2.57. The molecule has 138 valence electrons. The number of hydrogen-bond donors (Lipinski definition) is 1. The fourth-order valence-corrected chi connectivity index (χ4v) is 4.60. The first-order chi connectivity index (χ1) is 12.6. The summed E-state index contributed by atoms with van der Waals surface area (Å²) in [6.45, 7) is 1.94. The number of rotatable bonds is 6. The van der Waals surface area contributed by atoms with Crippen molar-refractivity contribution in [2.45, 2.75) is 25.9 Å². The lowest BCUT2D eigenvalue weighted by atomic mass is 9.80. The Morgan fingerprint density at radius 2 is 2.08 bits per heavy atom. The van der Waals surface area contributed by atoms with Crippen LogP contribution in [0, 0.1) is 23.7 Å². The van der Waals surface area contributed by atoms with Gasteiger partial charge in [-0.05, 0) is 37.8 Å². The average Bonchev–Trinajstić information content (AvgIpc) is 3.24. The molecule has 0 unspecified atom stereocenters. The van der Waals surface area contributed by atoms with Crippen molar-refractivity contribution in [3.05, 3.63) is 24.3 Å². The monoisotopic (exact) mass is 359 g/mol. The predicted molar refractivity (Wildman–Crippen MR) is 90.3 cm³/mol. The van der Waals surface area contributed by atoms with Gasteiger partial charge in [0, 0.05) is 5.92 Å². The third-order valence-corrected chi connectivity index (χ3v) is 5.56. The number of nitrogens with one attached hydrogen (secondary N) is 1. The summed E-state index contributed by atoms with van der Waals surface area (Å²) in [7, 11) is 0. The second-order valence-electron chi connectivity index (χ2n) is 7.01. The topological polar surface area (TPSA) is 90.9 Å². The molecule has 7 nitrogen and oxygen atoms in total. The molecular formula is C19H21NO6. The molecule has 1 aromatic rings. The number of hydrogen-bond acceptors (Lipinski definition) is 6. The van der Waals surface area contributed by atoms with Crippen LogP contribution in [0.2, 0.25) is 0 Å². The van der Waals surface area contributed by atoms with Crippen molar-refractivity contribution in [3.63, 3.8) is 0 Å². The van der Waals surface area contributed by atoms with E-state index in [1.54, 1.807) is 18.2 Å². The molecule has 1 saturated heterocycles. The number of ether oxygens (including phenoxy) is 3. The van der Waals surface area contributed by atoms with Gasteiger partial charge in [-0.1, -0.05) is 12.1 Å². The van der Waals surface area contributed by atoms with E-state index in [4.69, 9.17) is 14.2 Å². The molecule has 1 amide bonds. The smallest absolute Gasteiger partial charge is 0.310 e. The molecule has 1 aliphatic heterocycles. The summed E-state index contributed by atoms with van der Waals surface area (Å²) in [5.74, 6) is -1.27. The average molecular weight is 359 g/mol. The van der Waals surface area contributed by atoms with Crippen LogP contribution in [0.5, 0.6) is 5.75 Å². The Labute approximate surface area is 151 Å². The molecule has 2 aliphatic carbocycles. The van der Waals surface area contributed by atoms with Crippen LogP contribution >= 0.6 is 0 Å². The SMILES string of the molecule is CCOc1ccccc1NC(=O)COC(=O)[C@@H]1[C@@H]2C[C@@H]3[C@@H]1C(=O)O[C@H]3C2. The lowest BCUT2D eigenvalue weighted by Crippen LogP contribution is -2.35. The van der Waals surface area contributed by atoms with Gasteiger partial charge >= 0.3 is 11.9 Å². The fraction of sp³-hybridized carbons (Fsp3) is 0.526. The third-order valence-electron chi connectivity index (χ3n) is 5.56. The summed E-state index contributed by atoms with van der Waals surface area (Å²) in [6, 6.07) is 7.06. The molecule has 1 N–H and O–H groups in total. The molecule has 3 aliphatic rings. The van der Waals surface area contributed by atoms with Gasteiger partial charge in [0.2, 0.25) is 0 Å². The van der Waals surface area contributed by atoms with E-state index >= 15 is 0 Å². The van der Waals surface area contributed by atoms with Crippen LogP contribution in [0.3, 0.4) is 0 Å². The van der Waals surface area contributed by atoms with Gasteiger partial charge in [0.25, 0.3) is 5.91 Å². The standard InChI is InChI=1S/C19H21NO6/c1-2-24-13-6-4-3-5-12(13)20-15(21)9-25-18(22)16-10-7-11-14(8-10)26-19(23)17(11)16/h3-6,10-11,14,16-17H,2,7-9H2,1H3,(H,20,21)/t10-,11+,14+,16-,17+/m1/s1. The second kappa shape index (κ2) is 6.63. The zero-order valence-corrected chi connectivity index (χ0v) is 14.5. The fourth-order valence-electron chi connectivity index (χ4n) is 4.60. The van der Waals surface area contributed by atoms with Crippen molar-refractivity contribution in [3.8, 4) is 5.75 Å². The summed E-state index contributed by atoms with van der Waals surface area (Å²) in [6.07, 6.45) is 1.52. The summed E-state index contributed by atoms with van der Waals surface area (Å²) < 4.78 is 16.0. The van der Waals surface area contributed by atoms with E-state index in [1.165, 1.54) is 0 Å². The van der Waals surface area contributed by atoms with Gasteiger partial charge in [-0.25, -0.2) is 0 Å². The van der Waals surface area contributed by atoms with Crippen molar-refractivity contribution in [1.82, 2.24) is 0 Å².